The van der Waals surface area contributed by atoms with Crippen LogP contribution in [-0.2, 0) is 16.3 Å². The highest BCUT2D eigenvalue weighted by Crippen LogP contribution is 2.31. The summed E-state index contributed by atoms with van der Waals surface area (Å²) < 4.78 is 27.8. The highest BCUT2D eigenvalue weighted by molar-refractivity contribution is 7.90. The maximum absolute atomic E-state index is 11.1. The Morgan fingerprint density at radius 1 is 1.13 bits per heavy atom. The van der Waals surface area contributed by atoms with Gasteiger partial charge in [-0.05, 0) is 47.4 Å². The van der Waals surface area contributed by atoms with Crippen LogP contribution in [0, 0.1) is 0 Å². The van der Waals surface area contributed by atoms with Crippen LogP contribution in [0.5, 0.6) is 5.75 Å². The van der Waals surface area contributed by atoms with Gasteiger partial charge in [-0.25, -0.2) is 8.42 Å². The zero-order valence-electron chi connectivity index (χ0n) is 13.2. The summed E-state index contributed by atoms with van der Waals surface area (Å²) in [6.45, 7) is 1.41. The van der Waals surface area contributed by atoms with E-state index in [4.69, 9.17) is 4.74 Å². The summed E-state index contributed by atoms with van der Waals surface area (Å²) in [6.07, 6.45) is 2.84. The zero-order chi connectivity index (χ0) is 16.3. The second-order valence-corrected chi connectivity index (χ2v) is 8.17. The van der Waals surface area contributed by atoms with Crippen molar-refractivity contribution in [2.45, 2.75) is 12.8 Å². The molecule has 1 aliphatic rings. The van der Waals surface area contributed by atoms with Crippen LogP contribution in [0.4, 0.5) is 5.69 Å². The first-order valence-corrected chi connectivity index (χ1v) is 9.85. The monoisotopic (exact) mass is 331 g/mol. The van der Waals surface area contributed by atoms with Crippen LogP contribution in [0.3, 0.4) is 0 Å². The highest BCUT2D eigenvalue weighted by Gasteiger charge is 2.12. The van der Waals surface area contributed by atoms with E-state index in [1.807, 2.05) is 18.2 Å². The Hall–Kier alpha value is -2.01. The normalized spacial score (nSPS) is 13.4. The molecule has 23 heavy (non-hydrogen) atoms. The van der Waals surface area contributed by atoms with Gasteiger partial charge in [0, 0.05) is 24.9 Å². The Balaban J connectivity index is 1.68. The van der Waals surface area contributed by atoms with Gasteiger partial charge in [-0.1, -0.05) is 18.2 Å². The third kappa shape index (κ3) is 4.26. The molecule has 0 amide bonds. The van der Waals surface area contributed by atoms with Crippen molar-refractivity contribution in [3.63, 3.8) is 0 Å². The average molecular weight is 331 g/mol. The number of sulfone groups is 1. The molecule has 4 nitrogen and oxygen atoms in total. The second-order valence-electron chi connectivity index (χ2n) is 5.91. The topological polar surface area (TPSA) is 55.4 Å². The van der Waals surface area contributed by atoms with Crippen LogP contribution in [0.2, 0.25) is 0 Å². The summed E-state index contributed by atoms with van der Waals surface area (Å²) in [5.41, 5.74) is 4.59. The molecule has 0 saturated heterocycles. The van der Waals surface area contributed by atoms with Crippen molar-refractivity contribution in [1.29, 1.82) is 0 Å². The van der Waals surface area contributed by atoms with E-state index in [0.29, 0.717) is 13.0 Å². The minimum atomic E-state index is -2.89. The van der Waals surface area contributed by atoms with Crippen molar-refractivity contribution in [3.05, 3.63) is 48.0 Å². The third-order valence-electron chi connectivity index (χ3n) is 3.91. The number of hydrogen-bond acceptors (Lipinski definition) is 4. The summed E-state index contributed by atoms with van der Waals surface area (Å²) in [5.74, 6) is 1.20. The molecule has 5 heteroatoms. The second kappa shape index (κ2) is 6.62. The highest BCUT2D eigenvalue weighted by atomic mass is 32.2. The Morgan fingerprint density at radius 3 is 2.78 bits per heavy atom. The van der Waals surface area contributed by atoms with E-state index >= 15 is 0 Å². The Labute approximate surface area is 137 Å². The first kappa shape index (κ1) is 15.9. The first-order chi connectivity index (χ1) is 11.0. The Kier molecular flexibility index (Phi) is 4.57. The molecule has 2 aromatic carbocycles. The van der Waals surface area contributed by atoms with Crippen molar-refractivity contribution in [2.75, 3.05) is 30.5 Å². The smallest absolute Gasteiger partial charge is 0.147 e. The fourth-order valence-corrected chi connectivity index (χ4v) is 3.41. The van der Waals surface area contributed by atoms with Gasteiger partial charge in [0.05, 0.1) is 12.4 Å². The van der Waals surface area contributed by atoms with Gasteiger partial charge in [-0.15, -0.1) is 0 Å². The number of hydrogen-bond donors (Lipinski definition) is 1. The van der Waals surface area contributed by atoms with E-state index in [-0.39, 0.29) is 5.75 Å². The molecule has 0 aliphatic carbocycles. The summed E-state index contributed by atoms with van der Waals surface area (Å²) in [4.78, 5) is 0. The molecule has 122 valence electrons. The van der Waals surface area contributed by atoms with Gasteiger partial charge in [0.15, 0.2) is 0 Å². The summed E-state index contributed by atoms with van der Waals surface area (Å²) in [6, 6.07) is 14.5. The molecule has 0 radical (unpaired) electrons. The van der Waals surface area contributed by atoms with Gasteiger partial charge in [0.25, 0.3) is 0 Å². The fourth-order valence-electron chi connectivity index (χ4n) is 2.74. The van der Waals surface area contributed by atoms with Crippen molar-refractivity contribution >= 4 is 15.5 Å². The molecule has 0 spiro atoms. The predicted octanol–water partition coefficient (Wildman–Crippen LogP) is 3.14. The molecule has 0 bridgehead atoms. The van der Waals surface area contributed by atoms with Gasteiger partial charge >= 0.3 is 0 Å². The molecular formula is C18H21NO3S. The average Bonchev–Trinajstić information content (AvgIpc) is 2.98. The largest absolute Gasteiger partial charge is 0.493 e. The molecule has 1 aliphatic heterocycles. The summed E-state index contributed by atoms with van der Waals surface area (Å²) >= 11 is 0. The molecule has 0 saturated carbocycles. The predicted molar refractivity (Wildman–Crippen MR) is 93.9 cm³/mol. The third-order valence-corrected chi connectivity index (χ3v) is 4.94. The van der Waals surface area contributed by atoms with Crippen LogP contribution in [-0.4, -0.2) is 33.6 Å². The Morgan fingerprint density at radius 2 is 1.96 bits per heavy atom. The van der Waals surface area contributed by atoms with Gasteiger partial charge in [-0.2, -0.15) is 0 Å². The quantitative estimate of drug-likeness (QED) is 0.826. The van der Waals surface area contributed by atoms with E-state index in [2.05, 4.69) is 29.6 Å². The SMILES string of the molecule is CS(=O)(=O)CCCNc1cccc(-c2ccc3c(c2)CCO3)c1. The summed E-state index contributed by atoms with van der Waals surface area (Å²) in [7, 11) is -2.89. The number of nitrogens with one attached hydrogen (secondary N) is 1. The number of benzene rings is 2. The number of fused-ring (bicyclic) bond motifs is 1. The standard InChI is InChI=1S/C18H21NO3S/c1-23(20,21)11-3-9-19-17-5-2-4-14(13-17)15-6-7-18-16(12-15)8-10-22-18/h2,4-7,12-13,19H,3,8-11H2,1H3. The molecule has 0 aromatic heterocycles. The number of ether oxygens (including phenoxy) is 1. The van der Waals surface area contributed by atoms with Crippen LogP contribution in [0.1, 0.15) is 12.0 Å². The van der Waals surface area contributed by atoms with E-state index in [0.717, 1.165) is 30.0 Å². The van der Waals surface area contributed by atoms with Crippen molar-refractivity contribution < 1.29 is 13.2 Å². The van der Waals surface area contributed by atoms with E-state index < -0.39 is 9.84 Å². The fraction of sp³-hybridized carbons (Fsp3) is 0.333. The van der Waals surface area contributed by atoms with Crippen molar-refractivity contribution in [2.24, 2.45) is 0 Å². The minimum absolute atomic E-state index is 0.213. The Bertz CT molecular complexity index is 800. The maximum Gasteiger partial charge on any atom is 0.147 e. The minimum Gasteiger partial charge on any atom is -0.493 e. The number of rotatable bonds is 6. The molecule has 1 heterocycles. The van der Waals surface area contributed by atoms with E-state index in [1.165, 1.54) is 17.4 Å². The molecular weight excluding hydrogens is 310 g/mol. The van der Waals surface area contributed by atoms with Crippen molar-refractivity contribution in [1.82, 2.24) is 0 Å². The zero-order valence-corrected chi connectivity index (χ0v) is 14.0. The first-order valence-electron chi connectivity index (χ1n) is 7.79. The van der Waals surface area contributed by atoms with Crippen LogP contribution in [0.25, 0.3) is 11.1 Å². The lowest BCUT2D eigenvalue weighted by molar-refractivity contribution is 0.357. The molecule has 2 aromatic rings. The van der Waals surface area contributed by atoms with Gasteiger partial charge < -0.3 is 10.1 Å². The van der Waals surface area contributed by atoms with Gasteiger partial charge in [0.2, 0.25) is 0 Å². The van der Waals surface area contributed by atoms with Crippen LogP contribution < -0.4 is 10.1 Å². The van der Waals surface area contributed by atoms with E-state index in [1.54, 1.807) is 0 Å². The lowest BCUT2D eigenvalue weighted by Gasteiger charge is -2.09. The molecule has 0 fully saturated rings. The maximum atomic E-state index is 11.1. The van der Waals surface area contributed by atoms with Gasteiger partial charge in [-0.3, -0.25) is 0 Å². The number of anilines is 1. The van der Waals surface area contributed by atoms with Gasteiger partial charge in [0.1, 0.15) is 15.6 Å². The van der Waals surface area contributed by atoms with Crippen LogP contribution in [0.15, 0.2) is 42.5 Å². The lowest BCUT2D eigenvalue weighted by Crippen LogP contribution is -2.09. The van der Waals surface area contributed by atoms with Crippen molar-refractivity contribution in [3.8, 4) is 16.9 Å². The molecule has 1 N–H and O–H groups in total. The molecule has 0 atom stereocenters. The van der Waals surface area contributed by atoms with Crippen LogP contribution >= 0.6 is 0 Å². The summed E-state index contributed by atoms with van der Waals surface area (Å²) in [5, 5.41) is 3.29. The van der Waals surface area contributed by atoms with E-state index in [9.17, 15) is 8.42 Å². The molecule has 3 rings (SSSR count). The molecule has 0 unspecified atom stereocenters. The lowest BCUT2D eigenvalue weighted by atomic mass is 10.0.